The number of carbonyl (C=O) groups excluding carboxylic acids is 2. The zero-order valence-electron chi connectivity index (χ0n) is 49.8. The van der Waals surface area contributed by atoms with Crippen molar-refractivity contribution in [3.05, 3.63) is 125 Å². The Labute approximate surface area is 507 Å². The highest BCUT2D eigenvalue weighted by Gasteiger charge is 2.40. The number of piperidine rings is 1. The number of aryl methyl sites for hydroxylation is 1. The van der Waals surface area contributed by atoms with Crippen molar-refractivity contribution in [2.24, 2.45) is 5.41 Å². The third-order valence-electron chi connectivity index (χ3n) is 15.6. The first kappa shape index (κ1) is 65.5. The molecular weight excluding hydrogens is 1100 g/mol. The lowest BCUT2D eigenvalue weighted by Crippen LogP contribution is -2.53. The molecule has 2 amide bonds. The highest BCUT2D eigenvalue weighted by Crippen LogP contribution is 2.35. The van der Waals surface area contributed by atoms with Crippen molar-refractivity contribution < 1.29 is 33.6 Å². The van der Waals surface area contributed by atoms with Crippen LogP contribution in [0.4, 0.5) is 11.4 Å². The number of hydrogen-bond donors (Lipinski definition) is 7. The van der Waals surface area contributed by atoms with Crippen LogP contribution in [0.3, 0.4) is 0 Å². The molecule has 0 saturated carbocycles. The lowest BCUT2D eigenvalue weighted by Gasteiger charge is -2.37. The van der Waals surface area contributed by atoms with Gasteiger partial charge in [-0.25, -0.2) is 4.98 Å². The predicted molar refractivity (Wildman–Crippen MR) is 336 cm³/mol. The summed E-state index contributed by atoms with van der Waals surface area (Å²) in [7, 11) is 0. The third-order valence-corrected chi connectivity index (χ3v) is 16.6. The van der Waals surface area contributed by atoms with Crippen LogP contribution in [-0.4, -0.2) is 138 Å². The van der Waals surface area contributed by atoms with Crippen LogP contribution in [0.25, 0.3) is 21.8 Å². The third kappa shape index (κ3) is 20.3. The van der Waals surface area contributed by atoms with Crippen LogP contribution in [0.1, 0.15) is 127 Å². The van der Waals surface area contributed by atoms with Crippen molar-refractivity contribution in [1.29, 1.82) is 0 Å². The largest absolute Gasteiger partial charge is 0.494 e. The van der Waals surface area contributed by atoms with E-state index >= 15 is 0 Å². The van der Waals surface area contributed by atoms with Crippen molar-refractivity contribution >= 4 is 46.9 Å². The van der Waals surface area contributed by atoms with Gasteiger partial charge in [-0.2, -0.15) is 0 Å². The number of carbonyl (C=O) groups is 2. The van der Waals surface area contributed by atoms with E-state index in [2.05, 4.69) is 134 Å². The molecule has 0 bridgehead atoms. The van der Waals surface area contributed by atoms with Gasteiger partial charge in [0.2, 0.25) is 11.8 Å². The molecule has 0 radical (unpaired) electrons. The van der Waals surface area contributed by atoms with Gasteiger partial charge >= 0.3 is 0 Å². The molecule has 3 aromatic heterocycles. The summed E-state index contributed by atoms with van der Waals surface area (Å²) < 4.78 is 23.5. The summed E-state index contributed by atoms with van der Waals surface area (Å²) in [5.74, 6) is 2.34. The Kier molecular flexibility index (Phi) is 26.2. The molecule has 2 aliphatic heterocycles. The summed E-state index contributed by atoms with van der Waals surface area (Å²) in [6, 6.07) is 28.2. The number of nitrogens with one attached hydrogen (secondary N) is 6. The standard InChI is InChI=1S/C64H89N11O7S.ClH/c1-46(69-52-16-14-17-53(40-52)72-64(26-30-66-31-27-64)62-71-60(73-74-62)50-24-28-65-29-25-50)51-15-13-18-55(39-51)82-34-12-7-6-10-32-79-35-37-81-38-36-80-33-11-8-9-19-58(77)70-57(63(3,4)5)44-75-43-54(76)41-56(75)61(78)67-42-48-20-22-49(23-21-48)59-47(2)68-45-83-59;/h13-18,20-25,28-29,39-40,45-46,54,56-57,66,69,72,76H,6-12,19,26-27,30-38,41-44H2,1-5H3,(H,67,78)(H,70,77)(H,71,73,74);1H/t46-,54-,56+,57+;/m1./s1. The van der Waals surface area contributed by atoms with E-state index in [0.29, 0.717) is 78.7 Å². The van der Waals surface area contributed by atoms with Crippen LogP contribution in [0.2, 0.25) is 0 Å². The van der Waals surface area contributed by atoms with Crippen LogP contribution < -0.4 is 31.3 Å². The van der Waals surface area contributed by atoms with Gasteiger partial charge in [0.1, 0.15) is 5.75 Å². The number of ether oxygens (including phenoxy) is 4. The van der Waals surface area contributed by atoms with Crippen molar-refractivity contribution in [1.82, 2.24) is 46.0 Å². The van der Waals surface area contributed by atoms with Gasteiger partial charge in [-0.3, -0.25) is 19.5 Å². The van der Waals surface area contributed by atoms with Crippen molar-refractivity contribution in [3.8, 4) is 27.6 Å². The van der Waals surface area contributed by atoms with Gasteiger partial charge in [0.15, 0.2) is 11.6 Å². The van der Waals surface area contributed by atoms with E-state index in [1.54, 1.807) is 23.7 Å². The number of rotatable bonds is 34. The molecule has 5 heterocycles. The fourth-order valence-electron chi connectivity index (χ4n) is 10.7. The van der Waals surface area contributed by atoms with Crippen molar-refractivity contribution in [2.75, 3.05) is 83.1 Å². The Morgan fingerprint density at radius 3 is 2.19 bits per heavy atom. The number of pyridine rings is 1. The summed E-state index contributed by atoms with van der Waals surface area (Å²) >= 11 is 1.62. The van der Waals surface area contributed by atoms with Crippen LogP contribution in [-0.2, 0) is 35.9 Å². The van der Waals surface area contributed by atoms with E-state index in [-0.39, 0.29) is 47.3 Å². The smallest absolute Gasteiger partial charge is 0.237 e. The van der Waals surface area contributed by atoms with Crippen LogP contribution >= 0.6 is 23.7 Å². The second-order valence-electron chi connectivity index (χ2n) is 23.2. The number of benzene rings is 3. The number of aromatic amines is 1. The van der Waals surface area contributed by atoms with Crippen molar-refractivity contribution in [2.45, 2.75) is 142 Å². The topological polar surface area (TPSA) is 222 Å². The fraction of sp³-hybridized carbons (Fsp3) is 0.531. The van der Waals surface area contributed by atoms with Gasteiger partial charge in [0, 0.05) is 80.7 Å². The van der Waals surface area contributed by atoms with Crippen LogP contribution in [0.15, 0.2) is 103 Å². The van der Waals surface area contributed by atoms with E-state index in [9.17, 15) is 14.7 Å². The molecule has 4 atom stereocenters. The number of likely N-dealkylation sites (tertiary alicyclic amines) is 1. The number of amides is 2. The molecule has 20 heteroatoms. The highest BCUT2D eigenvalue weighted by atomic mass is 35.5. The number of β-amino-alcohol motifs (C(OH)–C–C–N with tert-alkyl or cyclic N) is 1. The first-order valence-electron chi connectivity index (χ1n) is 30.0. The first-order chi connectivity index (χ1) is 40.3. The Morgan fingerprint density at radius 1 is 0.810 bits per heavy atom. The molecular formula is C64H90ClN11O7S. The minimum absolute atomic E-state index is 0. The van der Waals surface area contributed by atoms with Gasteiger partial charge in [-0.15, -0.1) is 33.9 Å². The fourth-order valence-corrected chi connectivity index (χ4v) is 11.5. The molecule has 2 saturated heterocycles. The van der Waals surface area contributed by atoms with E-state index in [4.69, 9.17) is 18.9 Å². The number of aliphatic hydroxyl groups is 1. The van der Waals surface area contributed by atoms with E-state index < -0.39 is 12.1 Å². The number of hydrogen-bond acceptors (Lipinski definition) is 16. The summed E-state index contributed by atoms with van der Waals surface area (Å²) in [6.07, 6.45) is 12.1. The molecule has 2 aliphatic rings. The van der Waals surface area contributed by atoms with Crippen molar-refractivity contribution in [3.63, 3.8) is 0 Å². The average molecular weight is 1190 g/mol. The van der Waals surface area contributed by atoms with Gasteiger partial charge in [-0.1, -0.05) is 76.1 Å². The number of aromatic nitrogens is 5. The second kappa shape index (κ2) is 33.6. The summed E-state index contributed by atoms with van der Waals surface area (Å²) in [4.78, 5) is 41.8. The lowest BCUT2D eigenvalue weighted by molar-refractivity contribution is -0.126. The number of H-pyrrole nitrogens is 1. The zero-order valence-corrected chi connectivity index (χ0v) is 51.5. The summed E-state index contributed by atoms with van der Waals surface area (Å²) in [6.45, 7) is 17.6. The quantitative estimate of drug-likeness (QED) is 0.0187. The maximum absolute atomic E-state index is 13.5. The number of aliphatic hydroxyl groups excluding tert-OH is 1. The number of nitrogens with zero attached hydrogens (tertiary/aromatic N) is 5. The van der Waals surface area contributed by atoms with Gasteiger partial charge < -0.3 is 55.6 Å². The SMILES string of the molecule is Cc1ncsc1-c1ccc(CNC(=O)[C@@H]2C[C@@H](O)CN2C[C@H](NC(=O)CCCCCOCCOCCOCCCCCCOc2cccc([C@@H](C)Nc3cccc(NC4(c5nnc(-c6ccncc6)[nH]5)CCNCC4)c3)c2)C(C)(C)C)cc1.Cl. The van der Waals surface area contributed by atoms with Gasteiger partial charge in [-0.05, 0) is 143 Å². The Balaban J connectivity index is 0.0000101. The molecule has 18 nitrogen and oxygen atoms in total. The molecule has 7 N–H and O–H groups in total. The Bertz CT molecular complexity index is 2880. The minimum Gasteiger partial charge on any atom is -0.494 e. The normalized spacial score (nSPS) is 16.8. The van der Waals surface area contributed by atoms with E-state index in [1.807, 2.05) is 47.7 Å². The molecule has 0 aliphatic carbocycles. The molecule has 2 fully saturated rings. The first-order valence-corrected chi connectivity index (χ1v) is 30.8. The lowest BCUT2D eigenvalue weighted by atomic mass is 9.86. The minimum atomic E-state index is -0.601. The maximum Gasteiger partial charge on any atom is 0.237 e. The molecule has 0 spiro atoms. The molecule has 3 aromatic carbocycles. The Hall–Kier alpha value is -6.03. The maximum atomic E-state index is 13.5. The number of unbranched alkanes of at least 4 members (excludes halogenated alkanes) is 5. The monoisotopic (exact) mass is 1190 g/mol. The van der Waals surface area contributed by atoms with Gasteiger partial charge in [0.05, 0.1) is 66.8 Å². The number of thiazole rings is 1. The molecule has 6 aromatic rings. The van der Waals surface area contributed by atoms with Gasteiger partial charge in [0.25, 0.3) is 0 Å². The van der Waals surface area contributed by atoms with Crippen LogP contribution in [0, 0.1) is 12.3 Å². The molecule has 8 rings (SSSR count). The summed E-state index contributed by atoms with van der Waals surface area (Å²) in [5, 5.41) is 37.1. The molecule has 456 valence electrons. The Morgan fingerprint density at radius 2 is 1.49 bits per heavy atom. The summed E-state index contributed by atoms with van der Waals surface area (Å²) in [5.41, 5.74) is 8.49. The second-order valence-corrected chi connectivity index (χ2v) is 24.0. The number of anilines is 2. The average Bonchev–Trinajstić information content (AvgIpc) is 3.05. The van der Waals surface area contributed by atoms with E-state index in [1.165, 1.54) is 0 Å². The molecule has 0 unspecified atom stereocenters. The highest BCUT2D eigenvalue weighted by molar-refractivity contribution is 7.13. The van der Waals surface area contributed by atoms with E-state index in [0.717, 1.165) is 132 Å². The zero-order chi connectivity index (χ0) is 58.3. The van der Waals surface area contributed by atoms with Crippen LogP contribution in [0.5, 0.6) is 5.75 Å². The number of halogens is 1. The molecule has 84 heavy (non-hydrogen) atoms. The predicted octanol–water partition coefficient (Wildman–Crippen LogP) is 10.4.